The van der Waals surface area contributed by atoms with E-state index in [1.165, 1.54) is 0 Å². The first kappa shape index (κ1) is 11.8. The lowest BCUT2D eigenvalue weighted by atomic mass is 9.96. The molecular weight excluding hydrogens is 218 g/mol. The van der Waals surface area contributed by atoms with Crippen molar-refractivity contribution in [2.75, 3.05) is 14.1 Å². The van der Waals surface area contributed by atoms with Crippen molar-refractivity contribution in [1.29, 1.82) is 0 Å². The monoisotopic (exact) mass is 233 g/mol. The van der Waals surface area contributed by atoms with Crippen molar-refractivity contribution in [2.45, 2.75) is 18.9 Å². The van der Waals surface area contributed by atoms with Crippen molar-refractivity contribution in [2.24, 2.45) is 0 Å². The first-order chi connectivity index (χ1) is 8.06. The second-order valence-electron chi connectivity index (χ2n) is 4.53. The van der Waals surface area contributed by atoms with E-state index in [9.17, 15) is 9.59 Å². The van der Waals surface area contributed by atoms with Crippen molar-refractivity contribution < 1.29 is 14.3 Å². The number of cyclic esters (lactones) is 2. The van der Waals surface area contributed by atoms with Gasteiger partial charge in [-0.1, -0.05) is 24.3 Å². The zero-order valence-corrected chi connectivity index (χ0v) is 9.97. The van der Waals surface area contributed by atoms with Gasteiger partial charge in [-0.15, -0.1) is 0 Å². The van der Waals surface area contributed by atoms with Crippen LogP contribution in [0.25, 0.3) is 0 Å². The Morgan fingerprint density at radius 1 is 1.35 bits per heavy atom. The van der Waals surface area contributed by atoms with Crippen molar-refractivity contribution in [1.82, 2.24) is 4.90 Å². The van der Waals surface area contributed by atoms with E-state index in [-0.39, 0.29) is 6.42 Å². The molecule has 0 aliphatic carbocycles. The number of hydrogen-bond acceptors (Lipinski definition) is 4. The van der Waals surface area contributed by atoms with Gasteiger partial charge < -0.3 is 9.64 Å². The number of carbonyl (C=O) groups is 2. The van der Waals surface area contributed by atoms with E-state index in [4.69, 9.17) is 0 Å². The number of esters is 2. The number of nitrogens with zero attached hydrogens (tertiary/aromatic N) is 1. The summed E-state index contributed by atoms with van der Waals surface area (Å²) in [5.74, 6) is -1.29. The van der Waals surface area contributed by atoms with Crippen molar-refractivity contribution >= 4 is 11.9 Å². The quantitative estimate of drug-likeness (QED) is 0.583. The Bertz CT molecular complexity index is 454. The second kappa shape index (κ2) is 4.67. The molecule has 4 heteroatoms. The standard InChI is InChI=1S/C13H15NO3/c1-14(2)8-9-4-3-5-10(6-9)11-7-12(15)17-13(11)16/h3-6,11H,7-8H2,1-2H3. The highest BCUT2D eigenvalue weighted by molar-refractivity contribution is 5.97. The molecule has 0 saturated carbocycles. The lowest BCUT2D eigenvalue weighted by Gasteiger charge is -2.12. The van der Waals surface area contributed by atoms with Gasteiger partial charge in [0.15, 0.2) is 0 Å². The van der Waals surface area contributed by atoms with Gasteiger partial charge >= 0.3 is 11.9 Å². The summed E-state index contributed by atoms with van der Waals surface area (Å²) in [4.78, 5) is 24.6. The summed E-state index contributed by atoms with van der Waals surface area (Å²) in [6.07, 6.45) is 0.157. The van der Waals surface area contributed by atoms with E-state index in [2.05, 4.69) is 9.64 Å². The summed E-state index contributed by atoms with van der Waals surface area (Å²) in [5.41, 5.74) is 1.99. The molecule has 0 spiro atoms. The molecule has 1 saturated heterocycles. The maximum absolute atomic E-state index is 11.5. The highest BCUT2D eigenvalue weighted by atomic mass is 16.6. The van der Waals surface area contributed by atoms with Crippen molar-refractivity contribution in [3.63, 3.8) is 0 Å². The molecule has 0 radical (unpaired) electrons. The first-order valence-corrected chi connectivity index (χ1v) is 5.54. The van der Waals surface area contributed by atoms with Crippen LogP contribution in [0.4, 0.5) is 0 Å². The summed E-state index contributed by atoms with van der Waals surface area (Å²) in [6.45, 7) is 0.809. The summed E-state index contributed by atoms with van der Waals surface area (Å²) < 4.78 is 4.56. The number of rotatable bonds is 3. The van der Waals surface area contributed by atoms with Crippen LogP contribution in [0.5, 0.6) is 0 Å². The molecule has 1 fully saturated rings. The molecule has 2 rings (SSSR count). The fourth-order valence-electron chi connectivity index (χ4n) is 2.00. The van der Waals surface area contributed by atoms with E-state index in [1.807, 2.05) is 38.4 Å². The maximum Gasteiger partial charge on any atom is 0.321 e. The van der Waals surface area contributed by atoms with Gasteiger partial charge in [-0.3, -0.25) is 9.59 Å². The molecule has 0 amide bonds. The molecule has 1 aliphatic rings. The molecule has 1 aromatic rings. The third-order valence-electron chi connectivity index (χ3n) is 2.72. The Kier molecular flexibility index (Phi) is 3.24. The highest BCUT2D eigenvalue weighted by Gasteiger charge is 2.34. The normalized spacial score (nSPS) is 19.8. The number of ether oxygens (including phenoxy) is 1. The molecule has 0 bridgehead atoms. The number of carbonyl (C=O) groups excluding carboxylic acids is 2. The van der Waals surface area contributed by atoms with Gasteiger partial charge in [0.25, 0.3) is 0 Å². The zero-order chi connectivity index (χ0) is 12.4. The average molecular weight is 233 g/mol. The molecule has 1 atom stereocenters. The van der Waals surface area contributed by atoms with E-state index in [0.29, 0.717) is 0 Å². The SMILES string of the molecule is CN(C)Cc1cccc(C2CC(=O)OC2=O)c1. The summed E-state index contributed by atoms with van der Waals surface area (Å²) in [6, 6.07) is 7.74. The minimum Gasteiger partial charge on any atom is -0.393 e. The Balaban J connectivity index is 2.21. The van der Waals surface area contributed by atoms with Gasteiger partial charge in [-0.25, -0.2) is 0 Å². The fraction of sp³-hybridized carbons (Fsp3) is 0.385. The van der Waals surface area contributed by atoms with E-state index < -0.39 is 17.9 Å². The van der Waals surface area contributed by atoms with Crippen LogP contribution in [0.2, 0.25) is 0 Å². The van der Waals surface area contributed by atoms with Crippen LogP contribution >= 0.6 is 0 Å². The lowest BCUT2D eigenvalue weighted by Crippen LogP contribution is -2.11. The number of hydrogen-bond donors (Lipinski definition) is 0. The fourth-order valence-corrected chi connectivity index (χ4v) is 2.00. The van der Waals surface area contributed by atoms with E-state index >= 15 is 0 Å². The van der Waals surface area contributed by atoms with Crippen LogP contribution in [0, 0.1) is 0 Å². The van der Waals surface area contributed by atoms with Crippen LogP contribution in [0.1, 0.15) is 23.5 Å². The van der Waals surface area contributed by atoms with Gasteiger partial charge in [-0.2, -0.15) is 0 Å². The smallest absolute Gasteiger partial charge is 0.321 e. The predicted octanol–water partition coefficient (Wildman–Crippen LogP) is 1.31. The Hall–Kier alpha value is -1.68. The van der Waals surface area contributed by atoms with Crippen LogP contribution in [0.15, 0.2) is 24.3 Å². The predicted molar refractivity (Wildman–Crippen MR) is 62.3 cm³/mol. The van der Waals surface area contributed by atoms with E-state index in [0.717, 1.165) is 17.7 Å². The third kappa shape index (κ3) is 2.71. The summed E-state index contributed by atoms with van der Waals surface area (Å²) in [7, 11) is 3.97. The maximum atomic E-state index is 11.5. The van der Waals surface area contributed by atoms with Gasteiger partial charge in [0.05, 0.1) is 12.3 Å². The van der Waals surface area contributed by atoms with Crippen LogP contribution in [-0.2, 0) is 20.9 Å². The molecule has 0 N–H and O–H groups in total. The van der Waals surface area contributed by atoms with E-state index in [1.54, 1.807) is 0 Å². The molecule has 1 aromatic carbocycles. The minimum atomic E-state index is -0.433. The Morgan fingerprint density at radius 2 is 2.12 bits per heavy atom. The molecule has 4 nitrogen and oxygen atoms in total. The van der Waals surface area contributed by atoms with Crippen molar-refractivity contribution in [3.8, 4) is 0 Å². The first-order valence-electron chi connectivity index (χ1n) is 5.54. The topological polar surface area (TPSA) is 46.6 Å². The van der Waals surface area contributed by atoms with Gasteiger partial charge in [0.1, 0.15) is 0 Å². The van der Waals surface area contributed by atoms with Gasteiger partial charge in [-0.05, 0) is 25.2 Å². The van der Waals surface area contributed by atoms with Crippen LogP contribution in [-0.4, -0.2) is 30.9 Å². The van der Waals surface area contributed by atoms with Gasteiger partial charge in [0, 0.05) is 6.54 Å². The van der Waals surface area contributed by atoms with Crippen LogP contribution in [0.3, 0.4) is 0 Å². The third-order valence-corrected chi connectivity index (χ3v) is 2.72. The van der Waals surface area contributed by atoms with Crippen molar-refractivity contribution in [3.05, 3.63) is 35.4 Å². The molecule has 17 heavy (non-hydrogen) atoms. The van der Waals surface area contributed by atoms with Crippen LogP contribution < -0.4 is 0 Å². The lowest BCUT2D eigenvalue weighted by molar-refractivity contribution is -0.152. The summed E-state index contributed by atoms with van der Waals surface area (Å²) in [5, 5.41) is 0. The molecule has 1 heterocycles. The highest BCUT2D eigenvalue weighted by Crippen LogP contribution is 2.28. The summed E-state index contributed by atoms with van der Waals surface area (Å²) >= 11 is 0. The molecular formula is C13H15NO3. The number of benzene rings is 1. The average Bonchev–Trinajstić information content (AvgIpc) is 2.57. The molecule has 0 aromatic heterocycles. The minimum absolute atomic E-state index is 0.157. The second-order valence-corrected chi connectivity index (χ2v) is 4.53. The Labute approximate surface area is 100 Å². The molecule has 1 aliphatic heterocycles. The zero-order valence-electron chi connectivity index (χ0n) is 9.97. The largest absolute Gasteiger partial charge is 0.393 e. The molecule has 1 unspecified atom stereocenters. The Morgan fingerprint density at radius 3 is 2.71 bits per heavy atom. The van der Waals surface area contributed by atoms with Gasteiger partial charge in [0.2, 0.25) is 0 Å². The molecule has 90 valence electrons.